The van der Waals surface area contributed by atoms with Crippen molar-refractivity contribution in [2.75, 3.05) is 31.6 Å². The lowest BCUT2D eigenvalue weighted by molar-refractivity contribution is -0.119. The average molecular weight is 338 g/mol. The van der Waals surface area contributed by atoms with Gasteiger partial charge in [0.15, 0.2) is 17.6 Å². The lowest BCUT2D eigenvalue weighted by atomic mass is 10.1. The number of fused-ring (bicyclic) bond motifs is 2. The van der Waals surface area contributed by atoms with Crippen molar-refractivity contribution in [3.8, 4) is 11.5 Å². The van der Waals surface area contributed by atoms with Crippen LogP contribution >= 0.6 is 0 Å². The molecule has 128 valence electrons. The SMILES string of the molecule is CN1C(=O)CN(C[C@@H]2COc3ccccc3O2)C(=O)c2ccccc21. The zero-order valence-electron chi connectivity index (χ0n) is 13.8. The van der Waals surface area contributed by atoms with E-state index >= 15 is 0 Å². The van der Waals surface area contributed by atoms with Crippen molar-refractivity contribution >= 4 is 17.5 Å². The summed E-state index contributed by atoms with van der Waals surface area (Å²) in [7, 11) is 1.69. The summed E-state index contributed by atoms with van der Waals surface area (Å²) in [4.78, 5) is 28.4. The number of amides is 2. The van der Waals surface area contributed by atoms with Gasteiger partial charge in [-0.3, -0.25) is 9.59 Å². The van der Waals surface area contributed by atoms with E-state index in [0.29, 0.717) is 35.9 Å². The van der Waals surface area contributed by atoms with Crippen LogP contribution in [-0.2, 0) is 4.79 Å². The number of hydrogen-bond donors (Lipinski definition) is 0. The summed E-state index contributed by atoms with van der Waals surface area (Å²) in [5.41, 5.74) is 1.15. The Labute approximate surface area is 145 Å². The van der Waals surface area contributed by atoms with Crippen LogP contribution in [0.25, 0.3) is 0 Å². The molecule has 2 aromatic rings. The molecule has 2 aliphatic rings. The number of hydrogen-bond acceptors (Lipinski definition) is 4. The number of para-hydroxylation sites is 3. The van der Waals surface area contributed by atoms with Gasteiger partial charge in [-0.1, -0.05) is 24.3 Å². The third-order valence-corrected chi connectivity index (χ3v) is 4.47. The highest BCUT2D eigenvalue weighted by atomic mass is 16.6. The minimum absolute atomic E-state index is 0.0194. The predicted octanol–water partition coefficient (Wildman–Crippen LogP) is 1.95. The van der Waals surface area contributed by atoms with E-state index in [-0.39, 0.29) is 24.5 Å². The summed E-state index contributed by atoms with van der Waals surface area (Å²) in [6, 6.07) is 14.6. The molecule has 2 amide bonds. The zero-order valence-corrected chi connectivity index (χ0v) is 13.8. The van der Waals surface area contributed by atoms with Gasteiger partial charge >= 0.3 is 0 Å². The van der Waals surface area contributed by atoms with Gasteiger partial charge in [0.25, 0.3) is 5.91 Å². The Morgan fingerprint density at radius 1 is 1.04 bits per heavy atom. The van der Waals surface area contributed by atoms with E-state index in [2.05, 4.69) is 0 Å². The van der Waals surface area contributed by atoms with Gasteiger partial charge in [-0.15, -0.1) is 0 Å². The number of likely N-dealkylation sites (N-methyl/N-ethyl adjacent to an activating group) is 1. The molecule has 0 saturated heterocycles. The molecule has 0 aliphatic carbocycles. The van der Waals surface area contributed by atoms with Crippen LogP contribution in [0.15, 0.2) is 48.5 Å². The fourth-order valence-electron chi connectivity index (χ4n) is 3.14. The lowest BCUT2D eigenvalue weighted by Gasteiger charge is -2.30. The van der Waals surface area contributed by atoms with Crippen molar-refractivity contribution in [2.45, 2.75) is 6.10 Å². The quantitative estimate of drug-likeness (QED) is 0.840. The summed E-state index contributed by atoms with van der Waals surface area (Å²) in [5, 5.41) is 0. The lowest BCUT2D eigenvalue weighted by Crippen LogP contribution is -2.46. The van der Waals surface area contributed by atoms with Crippen molar-refractivity contribution in [3.63, 3.8) is 0 Å². The fourth-order valence-corrected chi connectivity index (χ4v) is 3.14. The van der Waals surface area contributed by atoms with Crippen LogP contribution in [0, 0.1) is 0 Å². The highest BCUT2D eigenvalue weighted by Gasteiger charge is 2.32. The number of carbonyl (C=O) groups excluding carboxylic acids is 2. The Hall–Kier alpha value is -3.02. The predicted molar refractivity (Wildman–Crippen MR) is 92.1 cm³/mol. The molecular weight excluding hydrogens is 320 g/mol. The second-order valence-corrected chi connectivity index (χ2v) is 6.15. The minimum atomic E-state index is -0.317. The molecule has 6 nitrogen and oxygen atoms in total. The van der Waals surface area contributed by atoms with Gasteiger partial charge in [-0.2, -0.15) is 0 Å². The molecule has 0 unspecified atom stereocenters. The van der Waals surface area contributed by atoms with E-state index in [9.17, 15) is 9.59 Å². The minimum Gasteiger partial charge on any atom is -0.486 e. The van der Waals surface area contributed by atoms with Crippen LogP contribution in [0.2, 0.25) is 0 Å². The Morgan fingerprint density at radius 3 is 2.60 bits per heavy atom. The normalized spacial score (nSPS) is 19.5. The molecule has 0 bridgehead atoms. The molecule has 4 rings (SSSR count). The molecule has 0 spiro atoms. The van der Waals surface area contributed by atoms with Gasteiger partial charge in [0.1, 0.15) is 13.2 Å². The van der Waals surface area contributed by atoms with Crippen LogP contribution in [0.1, 0.15) is 10.4 Å². The molecule has 0 saturated carbocycles. The summed E-state index contributed by atoms with van der Waals surface area (Å²) < 4.78 is 11.6. The van der Waals surface area contributed by atoms with Crippen LogP contribution in [-0.4, -0.2) is 49.6 Å². The highest BCUT2D eigenvalue weighted by Crippen LogP contribution is 2.31. The Kier molecular flexibility index (Phi) is 3.80. The van der Waals surface area contributed by atoms with Crippen molar-refractivity contribution < 1.29 is 19.1 Å². The average Bonchev–Trinajstić information content (AvgIpc) is 2.73. The Balaban J connectivity index is 1.57. The molecule has 1 atom stereocenters. The van der Waals surface area contributed by atoms with E-state index in [1.165, 1.54) is 9.80 Å². The third kappa shape index (κ3) is 2.80. The summed E-state index contributed by atoms with van der Waals surface area (Å²) in [6.45, 7) is 0.652. The molecular formula is C19H18N2O4. The van der Waals surface area contributed by atoms with Gasteiger partial charge in [0.2, 0.25) is 5.91 Å². The van der Waals surface area contributed by atoms with E-state index in [1.807, 2.05) is 30.3 Å². The highest BCUT2D eigenvalue weighted by molar-refractivity contribution is 6.09. The molecule has 2 aliphatic heterocycles. The van der Waals surface area contributed by atoms with Crippen molar-refractivity contribution in [2.24, 2.45) is 0 Å². The molecule has 6 heteroatoms. The van der Waals surface area contributed by atoms with Crippen LogP contribution in [0.5, 0.6) is 11.5 Å². The molecule has 0 aromatic heterocycles. The summed E-state index contributed by atoms with van der Waals surface area (Å²) >= 11 is 0. The van der Waals surface area contributed by atoms with Crippen LogP contribution < -0.4 is 14.4 Å². The van der Waals surface area contributed by atoms with E-state index < -0.39 is 0 Å². The second-order valence-electron chi connectivity index (χ2n) is 6.15. The van der Waals surface area contributed by atoms with Gasteiger partial charge in [-0.05, 0) is 24.3 Å². The van der Waals surface area contributed by atoms with E-state index in [0.717, 1.165) is 0 Å². The monoisotopic (exact) mass is 338 g/mol. The van der Waals surface area contributed by atoms with Crippen LogP contribution in [0.3, 0.4) is 0 Å². The maximum atomic E-state index is 12.9. The van der Waals surface area contributed by atoms with E-state index in [1.54, 1.807) is 25.2 Å². The first kappa shape index (κ1) is 15.5. The smallest absolute Gasteiger partial charge is 0.256 e. The summed E-state index contributed by atoms with van der Waals surface area (Å²) in [5.74, 6) is 1.05. The Morgan fingerprint density at radius 2 is 1.76 bits per heavy atom. The second kappa shape index (κ2) is 6.12. The first-order valence-corrected chi connectivity index (χ1v) is 8.17. The summed E-state index contributed by atoms with van der Waals surface area (Å²) in [6.07, 6.45) is -0.317. The molecule has 0 fully saturated rings. The standard InChI is InChI=1S/C19H18N2O4/c1-20-15-7-3-2-6-14(15)19(23)21(11-18(20)22)10-13-12-24-16-8-4-5-9-17(16)25-13/h2-9,13H,10-12H2,1H3/t13-/m1/s1. The van der Waals surface area contributed by atoms with Gasteiger partial charge in [0.05, 0.1) is 17.8 Å². The van der Waals surface area contributed by atoms with Gasteiger partial charge in [-0.25, -0.2) is 0 Å². The van der Waals surface area contributed by atoms with Gasteiger partial charge < -0.3 is 19.3 Å². The largest absolute Gasteiger partial charge is 0.486 e. The van der Waals surface area contributed by atoms with Crippen molar-refractivity contribution in [1.82, 2.24) is 4.90 Å². The zero-order chi connectivity index (χ0) is 17.4. The molecule has 0 radical (unpaired) electrons. The van der Waals surface area contributed by atoms with Crippen LogP contribution in [0.4, 0.5) is 5.69 Å². The first-order valence-electron chi connectivity index (χ1n) is 8.17. The third-order valence-electron chi connectivity index (χ3n) is 4.47. The number of ether oxygens (including phenoxy) is 2. The molecule has 0 N–H and O–H groups in total. The number of nitrogens with zero attached hydrogens (tertiary/aromatic N) is 2. The number of carbonyl (C=O) groups is 2. The molecule has 2 heterocycles. The number of benzene rings is 2. The van der Waals surface area contributed by atoms with Crippen molar-refractivity contribution in [1.29, 1.82) is 0 Å². The first-order chi connectivity index (χ1) is 12.1. The fraction of sp³-hybridized carbons (Fsp3) is 0.263. The van der Waals surface area contributed by atoms with Gasteiger partial charge in [0, 0.05) is 7.05 Å². The maximum absolute atomic E-state index is 12.9. The maximum Gasteiger partial charge on any atom is 0.256 e. The number of rotatable bonds is 2. The number of anilines is 1. The molecule has 2 aromatic carbocycles. The van der Waals surface area contributed by atoms with Crippen molar-refractivity contribution in [3.05, 3.63) is 54.1 Å². The Bertz CT molecular complexity index is 836. The molecule has 25 heavy (non-hydrogen) atoms. The van der Waals surface area contributed by atoms with E-state index in [4.69, 9.17) is 9.47 Å². The topological polar surface area (TPSA) is 59.1 Å².